The molecule has 1 aliphatic carbocycles. The maximum atomic E-state index is 13.9. The number of unbranched alkanes of at least 4 members (excludes halogenated alkanes) is 7. The van der Waals surface area contributed by atoms with E-state index in [0.717, 1.165) is 37.0 Å². The topological polar surface area (TPSA) is 37.3 Å². The van der Waals surface area contributed by atoms with Crippen LogP contribution in [0.1, 0.15) is 93.5 Å². The highest BCUT2D eigenvalue weighted by Crippen LogP contribution is 2.30. The quantitative estimate of drug-likeness (QED) is 0.411. The van der Waals surface area contributed by atoms with Crippen molar-refractivity contribution in [2.24, 2.45) is 0 Å². The molecule has 0 radical (unpaired) electrons. The zero-order valence-electron chi connectivity index (χ0n) is 16.2. The van der Waals surface area contributed by atoms with Gasteiger partial charge in [-0.15, -0.1) is 0 Å². The fourth-order valence-corrected chi connectivity index (χ4v) is 3.58. The van der Waals surface area contributed by atoms with Gasteiger partial charge in [0.15, 0.2) is 0 Å². The van der Waals surface area contributed by atoms with Crippen LogP contribution in [0.15, 0.2) is 29.9 Å². The average molecular weight is 376 g/mol. The number of aromatic carboxylic acids is 1. The van der Waals surface area contributed by atoms with Crippen LogP contribution in [0.2, 0.25) is 0 Å². The predicted octanol–water partition coefficient (Wildman–Crippen LogP) is 7.30. The molecule has 2 nitrogen and oxygen atoms in total. The van der Waals surface area contributed by atoms with Crippen molar-refractivity contribution in [3.8, 4) is 0 Å². The van der Waals surface area contributed by atoms with Gasteiger partial charge >= 0.3 is 5.97 Å². The number of carbonyl (C=O) groups is 1. The number of rotatable bonds is 11. The summed E-state index contributed by atoms with van der Waals surface area (Å²) in [5, 5.41) is 8.85. The molecule has 4 heteroatoms. The van der Waals surface area contributed by atoms with Gasteiger partial charge in [0.05, 0.1) is 0 Å². The molecule has 148 valence electrons. The molecule has 1 N–H and O–H groups in total. The third-order valence-corrected chi connectivity index (χ3v) is 5.21. The van der Waals surface area contributed by atoms with Crippen LogP contribution in [0.3, 0.4) is 0 Å². The second kappa shape index (κ2) is 11.0. The van der Waals surface area contributed by atoms with E-state index in [1.165, 1.54) is 56.9 Å². The van der Waals surface area contributed by atoms with Crippen LogP contribution in [-0.4, -0.2) is 11.1 Å². The van der Waals surface area contributed by atoms with E-state index in [2.05, 4.69) is 13.0 Å². The molecular weight excluding hydrogens is 346 g/mol. The zero-order chi connectivity index (χ0) is 19.6. The van der Waals surface area contributed by atoms with E-state index in [9.17, 15) is 13.6 Å². The summed E-state index contributed by atoms with van der Waals surface area (Å²) in [5.74, 6) is -3.62. The van der Waals surface area contributed by atoms with Gasteiger partial charge in [-0.05, 0) is 49.0 Å². The van der Waals surface area contributed by atoms with Gasteiger partial charge in [-0.3, -0.25) is 0 Å². The number of carboxylic acid groups (broad SMARTS) is 1. The summed E-state index contributed by atoms with van der Waals surface area (Å²) >= 11 is 0. The first kappa shape index (κ1) is 21.3. The smallest absolute Gasteiger partial charge is 0.341 e. The van der Waals surface area contributed by atoms with Gasteiger partial charge in [0, 0.05) is 0 Å². The molecule has 1 aromatic carbocycles. The predicted molar refractivity (Wildman–Crippen MR) is 106 cm³/mol. The summed E-state index contributed by atoms with van der Waals surface area (Å²) in [5.41, 5.74) is 1.77. The number of benzene rings is 1. The maximum absolute atomic E-state index is 13.9. The van der Waals surface area contributed by atoms with Crippen molar-refractivity contribution in [2.75, 3.05) is 0 Å². The summed E-state index contributed by atoms with van der Waals surface area (Å²) in [6, 6.07) is 2.24. The molecule has 0 amide bonds. The van der Waals surface area contributed by atoms with E-state index in [1.807, 2.05) is 6.08 Å². The summed E-state index contributed by atoms with van der Waals surface area (Å²) in [7, 11) is 0. The number of carboxylic acids is 1. The fourth-order valence-electron chi connectivity index (χ4n) is 3.58. The van der Waals surface area contributed by atoms with E-state index in [-0.39, 0.29) is 0 Å². The molecule has 1 aromatic rings. The molecule has 0 atom stereocenters. The summed E-state index contributed by atoms with van der Waals surface area (Å²) in [4.78, 5) is 10.9. The Bertz CT molecular complexity index is 681. The van der Waals surface area contributed by atoms with Crippen molar-refractivity contribution in [2.45, 2.75) is 77.6 Å². The van der Waals surface area contributed by atoms with Crippen LogP contribution < -0.4 is 0 Å². The number of allylic oxidation sites excluding steroid dienone is 4. The molecule has 0 heterocycles. The molecule has 27 heavy (non-hydrogen) atoms. The Morgan fingerprint density at radius 3 is 2.04 bits per heavy atom. The number of hydrogen-bond donors (Lipinski definition) is 1. The van der Waals surface area contributed by atoms with E-state index in [1.54, 1.807) is 0 Å². The van der Waals surface area contributed by atoms with Gasteiger partial charge in [-0.25, -0.2) is 13.6 Å². The Morgan fingerprint density at radius 1 is 0.926 bits per heavy atom. The van der Waals surface area contributed by atoms with Crippen LogP contribution in [0, 0.1) is 11.6 Å². The number of halogens is 2. The third-order valence-electron chi connectivity index (χ3n) is 5.21. The van der Waals surface area contributed by atoms with E-state index in [0.29, 0.717) is 5.56 Å². The minimum Gasteiger partial charge on any atom is -0.477 e. The Kier molecular flexibility index (Phi) is 8.70. The molecule has 0 aromatic heterocycles. The van der Waals surface area contributed by atoms with Crippen molar-refractivity contribution >= 4 is 11.5 Å². The normalized spacial score (nSPS) is 14.0. The van der Waals surface area contributed by atoms with Crippen LogP contribution in [0.4, 0.5) is 8.78 Å². The monoisotopic (exact) mass is 376 g/mol. The van der Waals surface area contributed by atoms with Crippen LogP contribution >= 0.6 is 0 Å². The zero-order valence-corrected chi connectivity index (χ0v) is 16.2. The van der Waals surface area contributed by atoms with Crippen LogP contribution in [0.5, 0.6) is 0 Å². The SMILES string of the molecule is CCCCCCCCCCC1=CC=C(c2cc(F)c(C(=O)O)c(F)c2)CC1. The molecule has 1 aliphatic rings. The second-order valence-electron chi connectivity index (χ2n) is 7.36. The third kappa shape index (κ3) is 6.60. The average Bonchev–Trinajstić information content (AvgIpc) is 2.63. The molecule has 0 spiro atoms. The van der Waals surface area contributed by atoms with Gasteiger partial charge in [0.25, 0.3) is 0 Å². The first-order chi connectivity index (χ1) is 13.0. The van der Waals surface area contributed by atoms with Gasteiger partial charge in [0.1, 0.15) is 17.2 Å². The molecule has 0 unspecified atom stereocenters. The highest BCUT2D eigenvalue weighted by Gasteiger charge is 2.19. The first-order valence-corrected chi connectivity index (χ1v) is 10.1. The van der Waals surface area contributed by atoms with Crippen molar-refractivity contribution in [1.29, 1.82) is 0 Å². The first-order valence-electron chi connectivity index (χ1n) is 10.1. The molecule has 0 aliphatic heterocycles. The minimum absolute atomic E-state index is 0.428. The van der Waals surface area contributed by atoms with Gasteiger partial charge in [-0.1, -0.05) is 69.6 Å². The van der Waals surface area contributed by atoms with E-state index < -0.39 is 23.2 Å². The molecule has 0 saturated carbocycles. The van der Waals surface area contributed by atoms with Crippen molar-refractivity contribution in [3.63, 3.8) is 0 Å². The lowest BCUT2D eigenvalue weighted by molar-refractivity contribution is 0.0686. The molecule has 0 fully saturated rings. The van der Waals surface area contributed by atoms with Gasteiger partial charge in [0.2, 0.25) is 0 Å². The van der Waals surface area contributed by atoms with Gasteiger partial charge in [-0.2, -0.15) is 0 Å². The highest BCUT2D eigenvalue weighted by atomic mass is 19.1. The fraction of sp³-hybridized carbons (Fsp3) is 0.522. The number of hydrogen-bond acceptors (Lipinski definition) is 1. The van der Waals surface area contributed by atoms with E-state index in [4.69, 9.17) is 5.11 Å². The lowest BCUT2D eigenvalue weighted by Crippen LogP contribution is -2.06. The van der Waals surface area contributed by atoms with Gasteiger partial charge < -0.3 is 5.11 Å². The Hall–Kier alpha value is -1.97. The summed E-state index contributed by atoms with van der Waals surface area (Å²) in [6.07, 6.45) is 17.1. The Balaban J connectivity index is 1.83. The standard InChI is InChI=1S/C23H30F2O2/c1-2-3-4-5-6-7-8-9-10-17-11-13-18(14-12-17)19-15-20(24)22(23(26)27)21(25)16-19/h11,13,15-16H,2-10,12,14H2,1H3,(H,26,27). The van der Waals surface area contributed by atoms with Crippen LogP contribution in [-0.2, 0) is 0 Å². The largest absolute Gasteiger partial charge is 0.477 e. The van der Waals surface area contributed by atoms with Crippen molar-refractivity contribution in [1.82, 2.24) is 0 Å². The Labute approximate surface area is 161 Å². The lowest BCUT2D eigenvalue weighted by Gasteiger charge is -2.16. The lowest BCUT2D eigenvalue weighted by atomic mass is 9.90. The highest BCUT2D eigenvalue weighted by molar-refractivity contribution is 5.89. The molecule has 2 rings (SSSR count). The second-order valence-corrected chi connectivity index (χ2v) is 7.36. The Morgan fingerprint density at radius 2 is 1.52 bits per heavy atom. The molecule has 0 bridgehead atoms. The van der Waals surface area contributed by atoms with Crippen molar-refractivity contribution in [3.05, 3.63) is 52.6 Å². The molecular formula is C23H30F2O2. The maximum Gasteiger partial charge on any atom is 0.341 e. The van der Waals surface area contributed by atoms with E-state index >= 15 is 0 Å². The van der Waals surface area contributed by atoms with Crippen molar-refractivity contribution < 1.29 is 18.7 Å². The van der Waals surface area contributed by atoms with Crippen LogP contribution in [0.25, 0.3) is 5.57 Å². The minimum atomic E-state index is -1.58. The summed E-state index contributed by atoms with van der Waals surface area (Å²) in [6.45, 7) is 2.23. The summed E-state index contributed by atoms with van der Waals surface area (Å²) < 4.78 is 27.7. The molecule has 0 saturated heterocycles.